The van der Waals surface area contributed by atoms with Crippen LogP contribution in [0.3, 0.4) is 0 Å². The second-order valence-corrected chi connectivity index (χ2v) is 6.59. The van der Waals surface area contributed by atoms with E-state index < -0.39 is 22.0 Å². The van der Waals surface area contributed by atoms with Gasteiger partial charge in [-0.25, -0.2) is 0 Å². The Balaban J connectivity index is 2.21. The number of anilines is 1. The number of hydrogen-bond donors (Lipinski definition) is 2. The lowest BCUT2D eigenvalue weighted by Gasteiger charge is -2.12. The molecule has 2 N–H and O–H groups in total. The van der Waals surface area contributed by atoms with Crippen LogP contribution in [0.4, 0.5) is 18.9 Å². The molecule has 1 aromatic carbocycles. The highest BCUT2D eigenvalue weighted by atomic mass is 32.2. The van der Waals surface area contributed by atoms with Gasteiger partial charge in [0, 0.05) is 4.90 Å². The molecule has 0 fully saturated rings. The summed E-state index contributed by atoms with van der Waals surface area (Å²) in [7, 11) is -3.91. The smallest absolute Gasteiger partial charge is 0.277 e. The maximum absolute atomic E-state index is 12.3. The zero-order valence-corrected chi connectivity index (χ0v) is 12.0. The van der Waals surface area contributed by atoms with Gasteiger partial charge in [-0.1, -0.05) is 12.1 Å². The van der Waals surface area contributed by atoms with E-state index in [1.165, 1.54) is 36.5 Å². The molecule has 0 atom stereocenters. The molecule has 0 saturated heterocycles. The SMILES string of the molecule is O=S(=O)(Nc1ccccc1SCC(F)(F)F)c1ccn[nH]1. The normalized spacial score (nSPS) is 12.3. The van der Waals surface area contributed by atoms with Crippen LogP contribution >= 0.6 is 11.8 Å². The van der Waals surface area contributed by atoms with Crippen LogP contribution in [-0.4, -0.2) is 30.5 Å². The number of nitrogens with zero attached hydrogens (tertiary/aromatic N) is 1. The number of rotatable bonds is 5. The Kier molecular flexibility index (Phi) is 4.47. The number of benzene rings is 1. The number of H-pyrrole nitrogens is 1. The minimum absolute atomic E-state index is 0.0846. The lowest BCUT2D eigenvalue weighted by molar-refractivity contribution is -0.105. The van der Waals surface area contributed by atoms with Crippen molar-refractivity contribution in [2.75, 3.05) is 10.5 Å². The number of nitrogens with one attached hydrogen (secondary N) is 2. The summed E-state index contributed by atoms with van der Waals surface area (Å²) in [6.07, 6.45) is -3.07. The van der Waals surface area contributed by atoms with Gasteiger partial charge in [0.15, 0.2) is 5.03 Å². The van der Waals surface area contributed by atoms with E-state index in [2.05, 4.69) is 14.9 Å². The van der Waals surface area contributed by atoms with E-state index in [4.69, 9.17) is 0 Å². The second-order valence-electron chi connectivity index (χ2n) is 3.93. The molecule has 0 unspecified atom stereocenters. The molecule has 0 amide bonds. The molecule has 2 rings (SSSR count). The standard InChI is InChI=1S/C11H10F3N3O2S2/c12-11(13,14)7-20-9-4-2-1-3-8(9)17-21(18,19)10-5-6-15-16-10/h1-6,17H,7H2,(H,15,16). The molecule has 5 nitrogen and oxygen atoms in total. The molecule has 0 radical (unpaired) electrons. The molecule has 1 aromatic heterocycles. The summed E-state index contributed by atoms with van der Waals surface area (Å²) in [5.41, 5.74) is 0.0846. The van der Waals surface area contributed by atoms with Crippen molar-refractivity contribution >= 4 is 27.5 Å². The lowest BCUT2D eigenvalue weighted by atomic mass is 10.3. The van der Waals surface area contributed by atoms with Crippen LogP contribution in [0.5, 0.6) is 0 Å². The van der Waals surface area contributed by atoms with Crippen molar-refractivity contribution in [3.63, 3.8) is 0 Å². The summed E-state index contributed by atoms with van der Waals surface area (Å²) in [5.74, 6) is -1.10. The summed E-state index contributed by atoms with van der Waals surface area (Å²) in [6.45, 7) is 0. The first-order valence-corrected chi connectivity index (χ1v) is 8.05. The van der Waals surface area contributed by atoms with Gasteiger partial charge < -0.3 is 0 Å². The fourth-order valence-corrected chi connectivity index (χ4v) is 3.25. The van der Waals surface area contributed by atoms with Crippen LogP contribution in [0.15, 0.2) is 46.5 Å². The van der Waals surface area contributed by atoms with Gasteiger partial charge in [-0.3, -0.25) is 9.82 Å². The Hall–Kier alpha value is -1.68. The summed E-state index contributed by atoms with van der Waals surface area (Å²) in [6, 6.07) is 7.12. The molecule has 0 aliphatic heterocycles. The third-order valence-corrected chi connectivity index (χ3v) is 4.72. The number of halogens is 3. The Morgan fingerprint density at radius 2 is 1.95 bits per heavy atom. The molecule has 0 spiro atoms. The minimum Gasteiger partial charge on any atom is -0.277 e. The first-order chi connectivity index (χ1) is 9.78. The van der Waals surface area contributed by atoms with Gasteiger partial charge in [-0.15, -0.1) is 11.8 Å². The van der Waals surface area contributed by atoms with Crippen LogP contribution in [0, 0.1) is 0 Å². The van der Waals surface area contributed by atoms with Gasteiger partial charge in [-0.05, 0) is 18.2 Å². The Morgan fingerprint density at radius 3 is 2.57 bits per heavy atom. The molecule has 10 heteroatoms. The topological polar surface area (TPSA) is 74.8 Å². The summed E-state index contributed by atoms with van der Waals surface area (Å²) in [4.78, 5) is 0.193. The Morgan fingerprint density at radius 1 is 1.24 bits per heavy atom. The van der Waals surface area contributed by atoms with Crippen LogP contribution in [-0.2, 0) is 10.0 Å². The van der Waals surface area contributed by atoms with E-state index in [1.54, 1.807) is 0 Å². The molecule has 114 valence electrons. The number of para-hydroxylation sites is 1. The van der Waals surface area contributed by atoms with Crippen LogP contribution in [0.1, 0.15) is 0 Å². The largest absolute Gasteiger partial charge is 0.398 e. The monoisotopic (exact) mass is 337 g/mol. The van der Waals surface area contributed by atoms with Crippen molar-refractivity contribution in [1.29, 1.82) is 0 Å². The van der Waals surface area contributed by atoms with E-state index in [-0.39, 0.29) is 15.6 Å². The molecule has 1 heterocycles. The molecule has 2 aromatic rings. The molecule has 0 aliphatic rings. The summed E-state index contributed by atoms with van der Waals surface area (Å²) >= 11 is 0.514. The highest BCUT2D eigenvalue weighted by Gasteiger charge is 2.28. The van der Waals surface area contributed by atoms with Crippen molar-refractivity contribution in [3.8, 4) is 0 Å². The van der Waals surface area contributed by atoms with Crippen molar-refractivity contribution < 1.29 is 21.6 Å². The van der Waals surface area contributed by atoms with Gasteiger partial charge in [0.2, 0.25) is 0 Å². The number of aromatic amines is 1. The highest BCUT2D eigenvalue weighted by Crippen LogP contribution is 2.32. The zero-order chi connectivity index (χ0) is 15.5. The maximum Gasteiger partial charge on any atom is 0.398 e. The van der Waals surface area contributed by atoms with E-state index in [0.29, 0.717) is 11.8 Å². The first kappa shape index (κ1) is 15.7. The number of alkyl halides is 3. The van der Waals surface area contributed by atoms with E-state index in [1.807, 2.05) is 0 Å². The van der Waals surface area contributed by atoms with Gasteiger partial charge in [-0.2, -0.15) is 26.7 Å². The number of thioether (sulfide) groups is 1. The average molecular weight is 337 g/mol. The van der Waals surface area contributed by atoms with Crippen molar-refractivity contribution in [2.45, 2.75) is 16.1 Å². The number of aromatic nitrogens is 2. The highest BCUT2D eigenvalue weighted by molar-refractivity contribution is 7.99. The van der Waals surface area contributed by atoms with Crippen LogP contribution in [0.2, 0.25) is 0 Å². The van der Waals surface area contributed by atoms with Gasteiger partial charge in [0.25, 0.3) is 10.0 Å². The zero-order valence-electron chi connectivity index (χ0n) is 10.4. The molecule has 0 saturated carbocycles. The molecular weight excluding hydrogens is 327 g/mol. The predicted molar refractivity (Wildman–Crippen MR) is 72.6 cm³/mol. The fourth-order valence-electron chi connectivity index (χ4n) is 1.43. The maximum atomic E-state index is 12.3. The third-order valence-electron chi connectivity index (χ3n) is 2.29. The van der Waals surface area contributed by atoms with E-state index in [0.717, 1.165) is 0 Å². The lowest BCUT2D eigenvalue weighted by Crippen LogP contribution is -2.15. The van der Waals surface area contributed by atoms with Gasteiger partial charge >= 0.3 is 6.18 Å². The number of hydrogen-bond acceptors (Lipinski definition) is 4. The molecule has 0 bridgehead atoms. The van der Waals surface area contributed by atoms with E-state index >= 15 is 0 Å². The van der Waals surface area contributed by atoms with E-state index in [9.17, 15) is 21.6 Å². The summed E-state index contributed by atoms with van der Waals surface area (Å²) in [5, 5.41) is 5.64. The van der Waals surface area contributed by atoms with Crippen LogP contribution in [0.25, 0.3) is 0 Å². The van der Waals surface area contributed by atoms with Crippen molar-refractivity contribution in [1.82, 2.24) is 10.2 Å². The molecule has 0 aliphatic carbocycles. The Bertz CT molecular complexity index is 700. The van der Waals surface area contributed by atoms with Crippen LogP contribution < -0.4 is 4.72 Å². The summed E-state index contributed by atoms with van der Waals surface area (Å²) < 4.78 is 63.0. The quantitative estimate of drug-likeness (QED) is 0.823. The van der Waals surface area contributed by atoms with Gasteiger partial charge in [0.05, 0.1) is 17.6 Å². The molecular formula is C11H10F3N3O2S2. The fraction of sp³-hybridized carbons (Fsp3) is 0.182. The predicted octanol–water partition coefficient (Wildman–Crippen LogP) is 2.86. The van der Waals surface area contributed by atoms with Crippen molar-refractivity contribution in [3.05, 3.63) is 36.5 Å². The molecule has 21 heavy (non-hydrogen) atoms. The Labute approximate surface area is 123 Å². The third kappa shape index (κ3) is 4.39. The average Bonchev–Trinajstić information content (AvgIpc) is 2.91. The first-order valence-electron chi connectivity index (χ1n) is 5.59. The minimum atomic E-state index is -4.33. The van der Waals surface area contributed by atoms with Gasteiger partial charge in [0.1, 0.15) is 0 Å². The number of sulfonamides is 1. The van der Waals surface area contributed by atoms with Crippen molar-refractivity contribution in [2.24, 2.45) is 0 Å². The second kappa shape index (κ2) is 5.98.